The van der Waals surface area contributed by atoms with Gasteiger partial charge in [-0.2, -0.15) is 0 Å². The molecule has 0 amide bonds. The van der Waals surface area contributed by atoms with Gasteiger partial charge in [-0.15, -0.1) is 0 Å². The van der Waals surface area contributed by atoms with Gasteiger partial charge in [0, 0.05) is 28.2 Å². The second-order valence-corrected chi connectivity index (χ2v) is 4.95. The van der Waals surface area contributed by atoms with E-state index in [9.17, 15) is 4.79 Å². The zero-order valence-electron chi connectivity index (χ0n) is 11.9. The summed E-state index contributed by atoms with van der Waals surface area (Å²) in [6.45, 7) is 2.71. The van der Waals surface area contributed by atoms with E-state index in [1.165, 1.54) is 0 Å². The molecule has 0 aliphatic rings. The van der Waals surface area contributed by atoms with E-state index in [4.69, 9.17) is 4.74 Å². The number of H-pyrrole nitrogens is 1. The van der Waals surface area contributed by atoms with Gasteiger partial charge in [0.2, 0.25) is 0 Å². The highest BCUT2D eigenvalue weighted by Gasteiger charge is 2.14. The molecule has 106 valence electrons. The summed E-state index contributed by atoms with van der Waals surface area (Å²) in [5.74, 6) is 0.747. The van der Waals surface area contributed by atoms with Crippen molar-refractivity contribution in [3.8, 4) is 5.75 Å². The number of fused-ring (bicyclic) bond motifs is 1. The van der Waals surface area contributed by atoms with Crippen LogP contribution in [0, 0.1) is 0 Å². The Hall–Kier alpha value is -2.55. The van der Waals surface area contributed by atoms with Crippen molar-refractivity contribution in [3.63, 3.8) is 0 Å². The molecule has 1 N–H and O–H groups in total. The van der Waals surface area contributed by atoms with Gasteiger partial charge in [0.25, 0.3) is 0 Å². The molecule has 1 aromatic heterocycles. The number of ether oxygens (including phenoxy) is 1. The van der Waals surface area contributed by atoms with Crippen molar-refractivity contribution in [1.29, 1.82) is 0 Å². The van der Waals surface area contributed by atoms with Crippen LogP contribution in [0.15, 0.2) is 54.7 Å². The smallest absolute Gasteiger partial charge is 0.195 e. The van der Waals surface area contributed by atoms with E-state index in [-0.39, 0.29) is 5.78 Å². The normalized spacial score (nSPS) is 10.7. The van der Waals surface area contributed by atoms with Gasteiger partial charge in [-0.3, -0.25) is 4.79 Å². The summed E-state index contributed by atoms with van der Waals surface area (Å²) in [6, 6.07) is 15.2. The summed E-state index contributed by atoms with van der Waals surface area (Å²) >= 11 is 0. The third kappa shape index (κ3) is 2.68. The van der Waals surface area contributed by atoms with E-state index < -0.39 is 0 Å². The van der Waals surface area contributed by atoms with Crippen LogP contribution >= 0.6 is 0 Å². The van der Waals surface area contributed by atoms with Crippen LogP contribution in [-0.2, 0) is 0 Å². The zero-order valence-corrected chi connectivity index (χ0v) is 11.9. The topological polar surface area (TPSA) is 42.1 Å². The molecule has 0 saturated heterocycles. The molecule has 2 aromatic carbocycles. The SMILES string of the molecule is CCCOc1cccc(C(=O)c2c[nH]c3ccccc23)c1. The van der Waals surface area contributed by atoms with Crippen LogP contribution in [0.1, 0.15) is 29.3 Å². The highest BCUT2D eigenvalue weighted by atomic mass is 16.5. The minimum absolute atomic E-state index is 0.00870. The van der Waals surface area contributed by atoms with Crippen molar-refractivity contribution < 1.29 is 9.53 Å². The predicted molar refractivity (Wildman–Crippen MR) is 84.0 cm³/mol. The van der Waals surface area contributed by atoms with Crippen molar-refractivity contribution in [1.82, 2.24) is 4.98 Å². The van der Waals surface area contributed by atoms with Crippen LogP contribution in [0.25, 0.3) is 10.9 Å². The molecular formula is C18H17NO2. The standard InChI is InChI=1S/C18H17NO2/c1-2-10-21-14-7-5-6-13(11-14)18(20)16-12-19-17-9-4-3-8-15(16)17/h3-9,11-12,19H,2,10H2,1H3. The van der Waals surface area contributed by atoms with Gasteiger partial charge in [0.15, 0.2) is 5.78 Å². The number of carbonyl (C=O) groups excluding carboxylic acids is 1. The van der Waals surface area contributed by atoms with Crippen molar-refractivity contribution in [3.05, 3.63) is 65.9 Å². The molecule has 0 atom stereocenters. The van der Waals surface area contributed by atoms with Gasteiger partial charge in [0.1, 0.15) is 5.75 Å². The number of ketones is 1. The Balaban J connectivity index is 1.94. The largest absolute Gasteiger partial charge is 0.494 e. The first-order valence-corrected chi connectivity index (χ1v) is 7.13. The Labute approximate surface area is 123 Å². The first kappa shape index (κ1) is 13.4. The molecule has 0 spiro atoms. The van der Waals surface area contributed by atoms with Crippen LogP contribution in [0.5, 0.6) is 5.75 Å². The minimum atomic E-state index is 0.00870. The van der Waals surface area contributed by atoms with E-state index in [0.717, 1.165) is 23.1 Å². The quantitative estimate of drug-likeness (QED) is 0.712. The molecule has 0 aliphatic heterocycles. The number of benzene rings is 2. The molecule has 0 bridgehead atoms. The van der Waals surface area contributed by atoms with Gasteiger partial charge >= 0.3 is 0 Å². The predicted octanol–water partition coefficient (Wildman–Crippen LogP) is 4.19. The highest BCUT2D eigenvalue weighted by molar-refractivity contribution is 6.16. The van der Waals surface area contributed by atoms with Crippen LogP contribution in [0.4, 0.5) is 0 Å². The van der Waals surface area contributed by atoms with Crippen LogP contribution < -0.4 is 4.74 Å². The summed E-state index contributed by atoms with van der Waals surface area (Å²) in [5, 5.41) is 0.947. The van der Waals surface area contributed by atoms with Crippen molar-refractivity contribution in [2.45, 2.75) is 13.3 Å². The number of para-hydroxylation sites is 1. The lowest BCUT2D eigenvalue weighted by atomic mass is 10.0. The fourth-order valence-electron chi connectivity index (χ4n) is 2.36. The van der Waals surface area contributed by atoms with E-state index in [2.05, 4.69) is 11.9 Å². The number of rotatable bonds is 5. The lowest BCUT2D eigenvalue weighted by Crippen LogP contribution is -2.02. The Bertz CT molecular complexity index is 773. The maximum Gasteiger partial charge on any atom is 0.195 e. The van der Waals surface area contributed by atoms with Crippen LogP contribution in [0.3, 0.4) is 0 Å². The van der Waals surface area contributed by atoms with Gasteiger partial charge in [-0.25, -0.2) is 0 Å². The lowest BCUT2D eigenvalue weighted by Gasteiger charge is -2.06. The second-order valence-electron chi connectivity index (χ2n) is 4.95. The zero-order chi connectivity index (χ0) is 14.7. The third-order valence-electron chi connectivity index (χ3n) is 3.40. The van der Waals surface area contributed by atoms with E-state index >= 15 is 0 Å². The lowest BCUT2D eigenvalue weighted by molar-refractivity contribution is 0.104. The Kier molecular flexibility index (Phi) is 3.73. The molecule has 0 saturated carbocycles. The third-order valence-corrected chi connectivity index (χ3v) is 3.40. The number of hydrogen-bond acceptors (Lipinski definition) is 2. The molecule has 1 heterocycles. The van der Waals surface area contributed by atoms with Gasteiger partial charge in [0.05, 0.1) is 6.61 Å². The maximum absolute atomic E-state index is 12.7. The summed E-state index contributed by atoms with van der Waals surface area (Å²) in [4.78, 5) is 15.8. The van der Waals surface area contributed by atoms with Crippen LogP contribution in [-0.4, -0.2) is 17.4 Å². The molecule has 3 aromatic rings. The number of aromatic nitrogens is 1. The summed E-state index contributed by atoms with van der Waals surface area (Å²) < 4.78 is 5.59. The Morgan fingerprint density at radius 1 is 1.14 bits per heavy atom. The highest BCUT2D eigenvalue weighted by Crippen LogP contribution is 2.22. The number of nitrogens with one attached hydrogen (secondary N) is 1. The molecule has 0 aliphatic carbocycles. The summed E-state index contributed by atoms with van der Waals surface area (Å²) in [5.41, 5.74) is 2.31. The molecule has 21 heavy (non-hydrogen) atoms. The minimum Gasteiger partial charge on any atom is -0.494 e. The van der Waals surface area contributed by atoms with E-state index in [1.54, 1.807) is 12.3 Å². The Morgan fingerprint density at radius 3 is 2.86 bits per heavy atom. The monoisotopic (exact) mass is 279 g/mol. The number of hydrogen-bond donors (Lipinski definition) is 1. The van der Waals surface area contributed by atoms with Gasteiger partial charge < -0.3 is 9.72 Å². The first-order valence-electron chi connectivity index (χ1n) is 7.13. The first-order chi connectivity index (χ1) is 10.3. The molecular weight excluding hydrogens is 262 g/mol. The molecule has 3 heteroatoms. The second kappa shape index (κ2) is 5.83. The fraction of sp³-hybridized carbons (Fsp3) is 0.167. The molecule has 0 fully saturated rings. The number of carbonyl (C=O) groups is 1. The van der Waals surface area contributed by atoms with E-state index in [0.29, 0.717) is 17.7 Å². The average Bonchev–Trinajstić information content (AvgIpc) is 2.96. The molecule has 3 rings (SSSR count). The van der Waals surface area contributed by atoms with Crippen molar-refractivity contribution in [2.24, 2.45) is 0 Å². The van der Waals surface area contributed by atoms with Crippen molar-refractivity contribution >= 4 is 16.7 Å². The maximum atomic E-state index is 12.7. The average molecular weight is 279 g/mol. The summed E-state index contributed by atoms with van der Waals surface area (Å²) in [7, 11) is 0. The van der Waals surface area contributed by atoms with E-state index in [1.807, 2.05) is 42.5 Å². The summed E-state index contributed by atoms with van der Waals surface area (Å²) in [6.07, 6.45) is 2.72. The fourth-order valence-corrected chi connectivity index (χ4v) is 2.36. The van der Waals surface area contributed by atoms with Crippen molar-refractivity contribution in [2.75, 3.05) is 6.61 Å². The van der Waals surface area contributed by atoms with Crippen LogP contribution in [0.2, 0.25) is 0 Å². The van der Waals surface area contributed by atoms with Gasteiger partial charge in [-0.1, -0.05) is 37.3 Å². The Morgan fingerprint density at radius 2 is 2.00 bits per heavy atom. The molecule has 0 radical (unpaired) electrons. The molecule has 0 unspecified atom stereocenters. The number of aromatic amines is 1. The molecule has 3 nitrogen and oxygen atoms in total. The van der Waals surface area contributed by atoms with Gasteiger partial charge in [-0.05, 0) is 24.6 Å².